The minimum Gasteiger partial charge on any atom is -0.490 e. The van der Waals surface area contributed by atoms with Crippen molar-refractivity contribution in [3.8, 4) is 22.9 Å². The van der Waals surface area contributed by atoms with Crippen molar-refractivity contribution in [2.75, 3.05) is 18.5 Å². The van der Waals surface area contributed by atoms with Crippen LogP contribution < -0.4 is 14.8 Å². The number of benzene rings is 1. The summed E-state index contributed by atoms with van der Waals surface area (Å²) in [5, 5.41) is 5.23. The molecule has 0 aliphatic carbocycles. The number of para-hydroxylation sites is 1. The van der Waals surface area contributed by atoms with E-state index in [4.69, 9.17) is 9.47 Å². The molecule has 0 atom stereocenters. The highest BCUT2D eigenvalue weighted by Gasteiger charge is 2.21. The molecule has 4 rings (SSSR count). The van der Waals surface area contributed by atoms with Crippen molar-refractivity contribution < 1.29 is 14.3 Å². The van der Waals surface area contributed by atoms with Gasteiger partial charge in [-0.2, -0.15) is 0 Å². The Labute approximate surface area is 160 Å². The third-order valence-electron chi connectivity index (χ3n) is 3.95. The highest BCUT2D eigenvalue weighted by Crippen LogP contribution is 2.36. The van der Waals surface area contributed by atoms with Crippen LogP contribution in [0.2, 0.25) is 0 Å². The molecule has 1 amide bonds. The van der Waals surface area contributed by atoms with Crippen LogP contribution in [0.1, 0.15) is 12.5 Å². The van der Waals surface area contributed by atoms with E-state index < -0.39 is 0 Å². The van der Waals surface area contributed by atoms with Crippen LogP contribution in [0.25, 0.3) is 17.5 Å². The Hall–Kier alpha value is -3.19. The number of pyridine rings is 1. The fourth-order valence-electron chi connectivity index (χ4n) is 2.72. The Bertz CT molecular complexity index is 999. The Kier molecular flexibility index (Phi) is 4.84. The molecule has 0 saturated heterocycles. The van der Waals surface area contributed by atoms with Crippen LogP contribution in [0.3, 0.4) is 0 Å². The van der Waals surface area contributed by atoms with Gasteiger partial charge in [0.15, 0.2) is 16.6 Å². The number of aromatic nitrogens is 2. The molecule has 7 heteroatoms. The van der Waals surface area contributed by atoms with Crippen LogP contribution in [-0.2, 0) is 4.79 Å². The number of amides is 1. The van der Waals surface area contributed by atoms with Crippen LogP contribution in [0.4, 0.5) is 5.13 Å². The Morgan fingerprint density at radius 3 is 3.00 bits per heavy atom. The fraction of sp³-hybridized carbons (Fsp3) is 0.150. The second-order valence-electron chi connectivity index (χ2n) is 5.77. The van der Waals surface area contributed by atoms with E-state index in [0.29, 0.717) is 28.8 Å². The maximum Gasteiger partial charge on any atom is 0.256 e. The van der Waals surface area contributed by atoms with Crippen LogP contribution in [0, 0.1) is 0 Å². The largest absolute Gasteiger partial charge is 0.490 e. The minimum absolute atomic E-state index is 0.182. The van der Waals surface area contributed by atoms with E-state index >= 15 is 0 Å². The van der Waals surface area contributed by atoms with Crippen molar-refractivity contribution in [1.82, 2.24) is 9.97 Å². The molecular weight excluding hydrogens is 362 g/mol. The standard InChI is InChI=1S/C20H17N3O3S/c1-2-25-17-8-5-6-13-10-14(11-26-18(13)17)19(24)23-20-22-16(12-27-20)15-7-3-4-9-21-15/h3-10,12H,2,11H2,1H3,(H,22,23,24). The second-order valence-corrected chi connectivity index (χ2v) is 6.63. The maximum absolute atomic E-state index is 12.6. The van der Waals surface area contributed by atoms with Gasteiger partial charge in [-0.15, -0.1) is 11.3 Å². The van der Waals surface area contributed by atoms with E-state index in [1.807, 2.05) is 54.8 Å². The smallest absolute Gasteiger partial charge is 0.256 e. The van der Waals surface area contributed by atoms with Gasteiger partial charge >= 0.3 is 0 Å². The summed E-state index contributed by atoms with van der Waals surface area (Å²) in [6.45, 7) is 2.66. The van der Waals surface area contributed by atoms with Gasteiger partial charge in [0.2, 0.25) is 0 Å². The number of hydrogen-bond donors (Lipinski definition) is 1. The van der Waals surface area contributed by atoms with Crippen molar-refractivity contribution in [2.45, 2.75) is 6.92 Å². The molecule has 1 aromatic carbocycles. The fourth-order valence-corrected chi connectivity index (χ4v) is 3.42. The van der Waals surface area contributed by atoms with Crippen molar-refractivity contribution >= 4 is 28.5 Å². The summed E-state index contributed by atoms with van der Waals surface area (Å²) in [6, 6.07) is 11.3. The van der Waals surface area contributed by atoms with E-state index in [0.717, 1.165) is 17.0 Å². The first-order chi connectivity index (χ1) is 13.2. The van der Waals surface area contributed by atoms with E-state index in [9.17, 15) is 4.79 Å². The zero-order chi connectivity index (χ0) is 18.6. The monoisotopic (exact) mass is 379 g/mol. The van der Waals surface area contributed by atoms with Gasteiger partial charge in [0, 0.05) is 17.1 Å². The molecule has 136 valence electrons. The van der Waals surface area contributed by atoms with Crippen LogP contribution in [0.5, 0.6) is 11.5 Å². The Balaban J connectivity index is 1.51. The number of rotatable bonds is 5. The molecule has 0 unspecified atom stereocenters. The number of hydrogen-bond acceptors (Lipinski definition) is 6. The van der Waals surface area contributed by atoms with Gasteiger partial charge in [-0.25, -0.2) is 4.98 Å². The van der Waals surface area contributed by atoms with E-state index in [1.165, 1.54) is 11.3 Å². The molecule has 2 aromatic heterocycles. The molecule has 0 spiro atoms. The SMILES string of the molecule is CCOc1cccc2c1OCC(C(=O)Nc1nc(-c3ccccn3)cs1)=C2. The summed E-state index contributed by atoms with van der Waals surface area (Å²) in [7, 11) is 0. The van der Waals surface area contributed by atoms with Gasteiger partial charge in [-0.3, -0.25) is 15.1 Å². The number of nitrogens with zero attached hydrogens (tertiary/aromatic N) is 2. The number of ether oxygens (including phenoxy) is 2. The lowest BCUT2D eigenvalue weighted by atomic mass is 10.1. The van der Waals surface area contributed by atoms with Gasteiger partial charge in [-0.05, 0) is 31.2 Å². The van der Waals surface area contributed by atoms with Crippen molar-refractivity contribution in [1.29, 1.82) is 0 Å². The first-order valence-electron chi connectivity index (χ1n) is 8.52. The molecule has 0 radical (unpaired) electrons. The predicted octanol–water partition coefficient (Wildman–Crippen LogP) is 4.02. The van der Waals surface area contributed by atoms with E-state index in [1.54, 1.807) is 6.20 Å². The van der Waals surface area contributed by atoms with Gasteiger partial charge in [-0.1, -0.05) is 18.2 Å². The van der Waals surface area contributed by atoms with Gasteiger partial charge < -0.3 is 9.47 Å². The molecule has 3 aromatic rings. The van der Waals surface area contributed by atoms with Crippen LogP contribution in [-0.4, -0.2) is 29.1 Å². The number of nitrogens with one attached hydrogen (secondary N) is 1. The number of carbonyl (C=O) groups excluding carboxylic acids is 1. The van der Waals surface area contributed by atoms with Crippen LogP contribution in [0.15, 0.2) is 53.5 Å². The second kappa shape index (κ2) is 7.59. The quantitative estimate of drug-likeness (QED) is 0.725. The summed E-state index contributed by atoms with van der Waals surface area (Å²) in [6.07, 6.45) is 3.54. The van der Waals surface area contributed by atoms with Gasteiger partial charge in [0.1, 0.15) is 12.3 Å². The predicted molar refractivity (Wildman–Crippen MR) is 105 cm³/mol. The molecule has 3 heterocycles. The third-order valence-corrected chi connectivity index (χ3v) is 4.71. The summed E-state index contributed by atoms with van der Waals surface area (Å²) >= 11 is 1.36. The van der Waals surface area contributed by atoms with Crippen molar-refractivity contribution in [2.24, 2.45) is 0 Å². The molecule has 27 heavy (non-hydrogen) atoms. The highest BCUT2D eigenvalue weighted by molar-refractivity contribution is 7.14. The van der Waals surface area contributed by atoms with Crippen molar-refractivity contribution in [3.05, 3.63) is 59.1 Å². The maximum atomic E-state index is 12.6. The van der Waals surface area contributed by atoms with Crippen molar-refractivity contribution in [3.63, 3.8) is 0 Å². The zero-order valence-electron chi connectivity index (χ0n) is 14.6. The molecule has 0 saturated carbocycles. The lowest BCUT2D eigenvalue weighted by Crippen LogP contribution is -2.21. The third kappa shape index (κ3) is 3.68. The molecule has 1 aliphatic heterocycles. The lowest BCUT2D eigenvalue weighted by molar-refractivity contribution is -0.113. The molecule has 0 fully saturated rings. The van der Waals surface area contributed by atoms with E-state index in [-0.39, 0.29) is 12.5 Å². The number of fused-ring (bicyclic) bond motifs is 1. The molecular formula is C20H17N3O3S. The average Bonchev–Trinajstić information content (AvgIpc) is 3.17. The summed E-state index contributed by atoms with van der Waals surface area (Å²) < 4.78 is 11.3. The minimum atomic E-state index is -0.232. The number of anilines is 1. The molecule has 1 N–H and O–H groups in total. The lowest BCUT2D eigenvalue weighted by Gasteiger charge is -2.19. The topological polar surface area (TPSA) is 73.3 Å². The first-order valence-corrected chi connectivity index (χ1v) is 9.40. The average molecular weight is 379 g/mol. The normalized spacial score (nSPS) is 12.6. The zero-order valence-corrected chi connectivity index (χ0v) is 15.5. The Morgan fingerprint density at radius 1 is 1.26 bits per heavy atom. The summed E-state index contributed by atoms with van der Waals surface area (Å²) in [4.78, 5) is 21.3. The summed E-state index contributed by atoms with van der Waals surface area (Å²) in [5.74, 6) is 1.12. The molecule has 0 bridgehead atoms. The number of thiazole rings is 1. The van der Waals surface area contributed by atoms with Crippen LogP contribution >= 0.6 is 11.3 Å². The number of carbonyl (C=O) groups is 1. The highest BCUT2D eigenvalue weighted by atomic mass is 32.1. The van der Waals surface area contributed by atoms with E-state index in [2.05, 4.69) is 15.3 Å². The molecule has 1 aliphatic rings. The van der Waals surface area contributed by atoms with Gasteiger partial charge in [0.05, 0.1) is 17.9 Å². The van der Waals surface area contributed by atoms with Gasteiger partial charge in [0.25, 0.3) is 5.91 Å². The Morgan fingerprint density at radius 2 is 2.19 bits per heavy atom. The molecule has 6 nitrogen and oxygen atoms in total. The summed E-state index contributed by atoms with van der Waals surface area (Å²) in [5.41, 5.74) is 2.86. The first kappa shape index (κ1) is 17.2.